The lowest BCUT2D eigenvalue weighted by atomic mass is 9.95. The lowest BCUT2D eigenvalue weighted by Gasteiger charge is -2.23. The molecular formula is C25H22N2O6S. The van der Waals surface area contributed by atoms with Gasteiger partial charge in [0.05, 0.1) is 31.5 Å². The molecule has 0 spiro atoms. The van der Waals surface area contributed by atoms with Crippen LogP contribution in [0.5, 0.6) is 5.75 Å². The zero-order chi connectivity index (χ0) is 24.6. The molecule has 1 aromatic heterocycles. The predicted molar refractivity (Wildman–Crippen MR) is 127 cm³/mol. The monoisotopic (exact) mass is 478 g/mol. The molecule has 1 amide bonds. The van der Waals surface area contributed by atoms with Gasteiger partial charge in [-0.15, -0.1) is 0 Å². The minimum Gasteiger partial charge on any atom is -0.507 e. The van der Waals surface area contributed by atoms with Crippen LogP contribution >= 0.6 is 11.3 Å². The molecule has 1 atom stereocenters. The average Bonchev–Trinajstić information content (AvgIpc) is 3.35. The summed E-state index contributed by atoms with van der Waals surface area (Å²) in [7, 11) is 2.78. The van der Waals surface area contributed by atoms with E-state index in [0.29, 0.717) is 22.6 Å². The van der Waals surface area contributed by atoms with Crippen molar-refractivity contribution in [1.82, 2.24) is 4.98 Å². The number of amides is 1. The second kappa shape index (κ2) is 9.11. The zero-order valence-electron chi connectivity index (χ0n) is 19.0. The summed E-state index contributed by atoms with van der Waals surface area (Å²) >= 11 is 0.958. The van der Waals surface area contributed by atoms with Crippen LogP contribution < -0.4 is 9.64 Å². The Labute approximate surface area is 200 Å². The molecule has 3 aromatic rings. The number of aliphatic hydroxyl groups excluding tert-OH is 1. The summed E-state index contributed by atoms with van der Waals surface area (Å²) in [5.74, 6) is -1.99. The molecule has 2 aromatic carbocycles. The van der Waals surface area contributed by atoms with E-state index in [9.17, 15) is 19.5 Å². The van der Waals surface area contributed by atoms with Crippen LogP contribution in [0.25, 0.3) is 5.76 Å². The first kappa shape index (κ1) is 23.2. The summed E-state index contributed by atoms with van der Waals surface area (Å²) in [6.07, 6.45) is 0. The number of Topliss-reactive ketones (excluding diaryl/α,β-unsaturated/α-hetero) is 1. The van der Waals surface area contributed by atoms with Gasteiger partial charge in [0.15, 0.2) is 5.13 Å². The van der Waals surface area contributed by atoms with Gasteiger partial charge in [0.1, 0.15) is 16.4 Å². The molecule has 1 N–H and O–H groups in total. The first-order valence-electron chi connectivity index (χ1n) is 10.3. The topological polar surface area (TPSA) is 106 Å². The normalized spacial score (nSPS) is 17.2. The van der Waals surface area contributed by atoms with Crippen molar-refractivity contribution in [3.63, 3.8) is 0 Å². The molecule has 8 nitrogen and oxygen atoms in total. The number of methoxy groups -OCH3 is 2. The van der Waals surface area contributed by atoms with Crippen molar-refractivity contribution < 1.29 is 29.0 Å². The number of aromatic nitrogens is 1. The van der Waals surface area contributed by atoms with Crippen molar-refractivity contribution in [1.29, 1.82) is 0 Å². The van der Waals surface area contributed by atoms with Gasteiger partial charge in [0.2, 0.25) is 0 Å². The van der Waals surface area contributed by atoms with E-state index in [4.69, 9.17) is 9.47 Å². The highest BCUT2D eigenvalue weighted by Crippen LogP contribution is 2.44. The maximum atomic E-state index is 13.2. The smallest absolute Gasteiger partial charge is 0.350 e. The highest BCUT2D eigenvalue weighted by Gasteiger charge is 2.48. The number of carbonyl (C=O) groups is 3. The lowest BCUT2D eigenvalue weighted by molar-refractivity contribution is -0.132. The number of aliphatic hydroxyl groups is 1. The molecule has 1 saturated heterocycles. The molecule has 0 aliphatic carbocycles. The van der Waals surface area contributed by atoms with Gasteiger partial charge >= 0.3 is 11.9 Å². The molecule has 34 heavy (non-hydrogen) atoms. The molecule has 0 saturated carbocycles. The van der Waals surface area contributed by atoms with E-state index >= 15 is 0 Å². The Morgan fingerprint density at radius 1 is 1.03 bits per heavy atom. The van der Waals surface area contributed by atoms with Crippen molar-refractivity contribution in [2.24, 2.45) is 0 Å². The fourth-order valence-corrected chi connectivity index (χ4v) is 4.78. The summed E-state index contributed by atoms with van der Waals surface area (Å²) in [6, 6.07) is 12.9. The van der Waals surface area contributed by atoms with Gasteiger partial charge in [-0.1, -0.05) is 41.2 Å². The standard InChI is InChI=1S/C25H22N2O6S/c1-13-5-7-15(8-6-13)19-18(20(28)16-9-11-17(32-3)12-10-16)21(29)23(30)27(19)25-26-14(2)22(34-25)24(31)33-4/h5-12,19,28H,1-4H3. The molecule has 1 aliphatic rings. The van der Waals surface area contributed by atoms with Gasteiger partial charge in [0.25, 0.3) is 5.78 Å². The Morgan fingerprint density at radius 2 is 1.68 bits per heavy atom. The third-order valence-electron chi connectivity index (χ3n) is 5.56. The third kappa shape index (κ3) is 3.94. The molecule has 9 heteroatoms. The number of rotatable bonds is 5. The number of thiazole rings is 1. The van der Waals surface area contributed by atoms with E-state index < -0.39 is 23.7 Å². The minimum absolute atomic E-state index is 0.0634. The highest BCUT2D eigenvalue weighted by atomic mass is 32.1. The average molecular weight is 479 g/mol. The van der Waals surface area contributed by atoms with Crippen molar-refractivity contribution in [2.75, 3.05) is 19.1 Å². The number of hydrogen-bond acceptors (Lipinski definition) is 8. The van der Waals surface area contributed by atoms with Gasteiger partial charge in [-0.3, -0.25) is 14.5 Å². The summed E-state index contributed by atoms with van der Waals surface area (Å²) in [4.78, 5) is 44.4. The van der Waals surface area contributed by atoms with Gasteiger partial charge in [-0.25, -0.2) is 9.78 Å². The van der Waals surface area contributed by atoms with Crippen LogP contribution in [0.1, 0.15) is 38.1 Å². The molecule has 0 radical (unpaired) electrons. The Kier molecular flexibility index (Phi) is 6.21. The van der Waals surface area contributed by atoms with Crippen LogP contribution in [0.2, 0.25) is 0 Å². The van der Waals surface area contributed by atoms with Crippen molar-refractivity contribution in [3.8, 4) is 5.75 Å². The van der Waals surface area contributed by atoms with E-state index in [0.717, 1.165) is 16.9 Å². The summed E-state index contributed by atoms with van der Waals surface area (Å²) in [5, 5.41) is 11.3. The molecule has 2 heterocycles. The summed E-state index contributed by atoms with van der Waals surface area (Å²) < 4.78 is 9.96. The van der Waals surface area contributed by atoms with Crippen molar-refractivity contribution in [2.45, 2.75) is 19.9 Å². The molecule has 1 unspecified atom stereocenters. The van der Waals surface area contributed by atoms with Crippen molar-refractivity contribution in [3.05, 3.63) is 81.4 Å². The van der Waals surface area contributed by atoms with Crippen LogP contribution in [0.3, 0.4) is 0 Å². The Hall–Kier alpha value is -3.98. The number of hydrogen-bond donors (Lipinski definition) is 1. The second-order valence-corrected chi connectivity index (χ2v) is 8.69. The third-order valence-corrected chi connectivity index (χ3v) is 6.70. The van der Waals surface area contributed by atoms with Gasteiger partial charge in [-0.2, -0.15) is 0 Å². The van der Waals surface area contributed by atoms with E-state index in [1.165, 1.54) is 19.1 Å². The number of anilines is 1. The van der Waals surface area contributed by atoms with Gasteiger partial charge in [-0.05, 0) is 43.7 Å². The van der Waals surface area contributed by atoms with Crippen LogP contribution in [-0.2, 0) is 14.3 Å². The number of ketones is 1. The number of ether oxygens (including phenoxy) is 2. The Balaban J connectivity index is 1.91. The van der Waals surface area contributed by atoms with Crippen LogP contribution in [0.4, 0.5) is 5.13 Å². The predicted octanol–water partition coefficient (Wildman–Crippen LogP) is 4.18. The van der Waals surface area contributed by atoms with E-state index in [1.54, 1.807) is 43.3 Å². The number of benzene rings is 2. The molecule has 1 aliphatic heterocycles. The van der Waals surface area contributed by atoms with Crippen molar-refractivity contribution >= 4 is 39.9 Å². The highest BCUT2D eigenvalue weighted by molar-refractivity contribution is 7.17. The molecule has 174 valence electrons. The largest absolute Gasteiger partial charge is 0.507 e. The minimum atomic E-state index is -0.932. The first-order valence-corrected chi connectivity index (χ1v) is 11.2. The number of nitrogens with zero attached hydrogens (tertiary/aromatic N) is 2. The Bertz CT molecular complexity index is 1310. The molecular weight excluding hydrogens is 456 g/mol. The fraction of sp³-hybridized carbons (Fsp3) is 0.200. The summed E-state index contributed by atoms with van der Waals surface area (Å²) in [6.45, 7) is 3.55. The molecule has 0 bridgehead atoms. The SMILES string of the molecule is COC(=O)c1sc(N2C(=O)C(=O)C(=C(O)c3ccc(OC)cc3)C2c2ccc(C)cc2)nc1C. The van der Waals surface area contributed by atoms with Gasteiger partial charge < -0.3 is 14.6 Å². The van der Waals surface area contributed by atoms with E-state index in [-0.39, 0.29) is 21.3 Å². The van der Waals surface area contributed by atoms with Gasteiger partial charge in [0, 0.05) is 5.56 Å². The molecule has 4 rings (SSSR count). The maximum absolute atomic E-state index is 13.2. The number of esters is 1. The molecule has 1 fully saturated rings. The number of aryl methyl sites for hydroxylation is 2. The quantitative estimate of drug-likeness (QED) is 0.254. The second-order valence-electron chi connectivity index (χ2n) is 7.71. The number of carbonyl (C=O) groups excluding carboxylic acids is 3. The first-order chi connectivity index (χ1) is 16.3. The van der Waals surface area contributed by atoms with Crippen LogP contribution in [-0.4, -0.2) is 42.0 Å². The maximum Gasteiger partial charge on any atom is 0.350 e. The van der Waals surface area contributed by atoms with Crippen LogP contribution in [0.15, 0.2) is 54.1 Å². The fourth-order valence-electron chi connectivity index (χ4n) is 3.77. The zero-order valence-corrected chi connectivity index (χ0v) is 19.8. The lowest BCUT2D eigenvalue weighted by Crippen LogP contribution is -2.29. The summed E-state index contributed by atoms with van der Waals surface area (Å²) in [5.41, 5.74) is 2.29. The Morgan fingerprint density at radius 3 is 2.26 bits per heavy atom. The van der Waals surface area contributed by atoms with E-state index in [2.05, 4.69) is 4.98 Å². The van der Waals surface area contributed by atoms with E-state index in [1.807, 2.05) is 19.1 Å². The van der Waals surface area contributed by atoms with Crippen LogP contribution in [0, 0.1) is 13.8 Å².